The molecule has 33 heavy (non-hydrogen) atoms. The molecule has 2 aromatic rings. The van der Waals surface area contributed by atoms with Crippen molar-refractivity contribution >= 4 is 29.1 Å². The van der Waals surface area contributed by atoms with Crippen molar-refractivity contribution in [3.63, 3.8) is 0 Å². The van der Waals surface area contributed by atoms with E-state index in [1.807, 2.05) is 18.2 Å². The van der Waals surface area contributed by atoms with E-state index in [9.17, 15) is 4.79 Å². The fourth-order valence-electron chi connectivity index (χ4n) is 5.10. The highest BCUT2D eigenvalue weighted by Gasteiger charge is 2.26. The van der Waals surface area contributed by atoms with Crippen LogP contribution in [0.1, 0.15) is 49.3 Å². The van der Waals surface area contributed by atoms with Gasteiger partial charge in [0.1, 0.15) is 0 Å². The third-order valence-electron chi connectivity index (χ3n) is 6.96. The van der Waals surface area contributed by atoms with Crippen molar-refractivity contribution in [2.45, 2.75) is 52.2 Å². The second kappa shape index (κ2) is 11.7. The third kappa shape index (κ3) is 6.95. The van der Waals surface area contributed by atoms with Crippen LogP contribution < -0.4 is 5.32 Å². The Bertz CT molecular complexity index is 913. The maximum absolute atomic E-state index is 12.9. The monoisotopic (exact) mass is 487 g/mol. The van der Waals surface area contributed by atoms with Gasteiger partial charge in [-0.2, -0.15) is 0 Å². The first-order valence-corrected chi connectivity index (χ1v) is 13.0. The van der Waals surface area contributed by atoms with Crippen LogP contribution in [0.3, 0.4) is 0 Å². The van der Waals surface area contributed by atoms with Crippen LogP contribution in [-0.4, -0.2) is 41.9 Å². The highest BCUT2D eigenvalue weighted by atomic mass is 35.5. The largest absolute Gasteiger partial charge is 0.352 e. The topological polar surface area (TPSA) is 35.6 Å². The molecule has 2 atom stereocenters. The summed E-state index contributed by atoms with van der Waals surface area (Å²) in [5, 5.41) is 4.53. The number of halogens is 2. The molecular formula is C27H35Cl2N3O. The van der Waals surface area contributed by atoms with Crippen LogP contribution in [0, 0.1) is 11.8 Å². The molecule has 0 radical (unpaired) electrons. The molecule has 1 amide bonds. The van der Waals surface area contributed by atoms with Crippen LogP contribution in [0.25, 0.3) is 0 Å². The number of hydrogen-bond acceptors (Lipinski definition) is 3. The van der Waals surface area contributed by atoms with Gasteiger partial charge in [0.2, 0.25) is 5.91 Å². The molecule has 2 fully saturated rings. The molecule has 2 aliphatic heterocycles. The van der Waals surface area contributed by atoms with E-state index in [4.69, 9.17) is 23.2 Å². The third-order valence-corrected chi connectivity index (χ3v) is 7.66. The summed E-state index contributed by atoms with van der Waals surface area (Å²) < 4.78 is 0. The predicted octanol–water partition coefficient (Wildman–Crippen LogP) is 5.75. The van der Waals surface area contributed by atoms with Gasteiger partial charge in [-0.05, 0) is 68.0 Å². The van der Waals surface area contributed by atoms with Crippen LogP contribution in [0.15, 0.2) is 42.5 Å². The zero-order valence-corrected chi connectivity index (χ0v) is 21.0. The molecule has 4 rings (SSSR count). The summed E-state index contributed by atoms with van der Waals surface area (Å²) in [4.78, 5) is 17.7. The molecule has 2 aromatic carbocycles. The van der Waals surface area contributed by atoms with Crippen LogP contribution in [0.5, 0.6) is 0 Å². The minimum atomic E-state index is 0.000350. The Balaban J connectivity index is 1.25. The van der Waals surface area contributed by atoms with Crippen LogP contribution in [0.2, 0.25) is 10.0 Å². The smallest absolute Gasteiger partial charge is 0.224 e. The second-order valence-corrected chi connectivity index (χ2v) is 10.6. The number of carbonyl (C=O) groups excluding carboxylic acids is 1. The first-order chi connectivity index (χ1) is 16.0. The maximum Gasteiger partial charge on any atom is 0.224 e. The van der Waals surface area contributed by atoms with E-state index in [2.05, 4.69) is 46.3 Å². The molecule has 0 aliphatic carbocycles. The zero-order valence-electron chi connectivity index (χ0n) is 19.5. The van der Waals surface area contributed by atoms with Gasteiger partial charge >= 0.3 is 0 Å². The summed E-state index contributed by atoms with van der Waals surface area (Å²) in [6, 6.07) is 14.3. The second-order valence-electron chi connectivity index (χ2n) is 9.79. The van der Waals surface area contributed by atoms with E-state index in [-0.39, 0.29) is 11.8 Å². The summed E-state index contributed by atoms with van der Waals surface area (Å²) in [5.74, 6) is 0.933. The van der Waals surface area contributed by atoms with Gasteiger partial charge < -0.3 is 5.32 Å². The van der Waals surface area contributed by atoms with E-state index >= 15 is 0 Å². The van der Waals surface area contributed by atoms with Gasteiger partial charge in [0.05, 0.1) is 5.92 Å². The SMILES string of the molecule is CC1CCCN(Cc2ccc(CNC(=O)C3CCCN(Cc4c(Cl)cccc4Cl)C3)cc2)C1. The Kier molecular flexibility index (Phi) is 8.70. The molecule has 4 nitrogen and oxygen atoms in total. The Morgan fingerprint density at radius 3 is 2.24 bits per heavy atom. The van der Waals surface area contributed by atoms with Crippen molar-refractivity contribution < 1.29 is 4.79 Å². The lowest BCUT2D eigenvalue weighted by atomic mass is 9.96. The van der Waals surface area contributed by atoms with E-state index < -0.39 is 0 Å². The number of benzene rings is 2. The van der Waals surface area contributed by atoms with Crippen LogP contribution >= 0.6 is 23.2 Å². The average molecular weight is 489 g/mol. The maximum atomic E-state index is 12.9. The van der Waals surface area contributed by atoms with Crippen LogP contribution in [0.4, 0.5) is 0 Å². The molecule has 2 saturated heterocycles. The molecule has 0 aromatic heterocycles. The van der Waals surface area contributed by atoms with E-state index in [0.29, 0.717) is 23.1 Å². The zero-order chi connectivity index (χ0) is 23.2. The number of nitrogens with one attached hydrogen (secondary N) is 1. The number of amides is 1. The lowest BCUT2D eigenvalue weighted by Crippen LogP contribution is -2.42. The van der Waals surface area contributed by atoms with E-state index in [1.165, 1.54) is 31.5 Å². The molecule has 6 heteroatoms. The van der Waals surface area contributed by atoms with Gasteiger partial charge in [-0.1, -0.05) is 60.5 Å². The van der Waals surface area contributed by atoms with Crippen molar-refractivity contribution in [2.75, 3.05) is 26.2 Å². The van der Waals surface area contributed by atoms with Crippen molar-refractivity contribution in [3.8, 4) is 0 Å². The fourth-order valence-corrected chi connectivity index (χ4v) is 5.62. The number of carbonyl (C=O) groups is 1. The Morgan fingerprint density at radius 1 is 0.909 bits per heavy atom. The Morgan fingerprint density at radius 2 is 1.55 bits per heavy atom. The fraction of sp³-hybridized carbons (Fsp3) is 0.519. The van der Waals surface area contributed by atoms with Crippen molar-refractivity contribution in [3.05, 3.63) is 69.2 Å². The minimum absolute atomic E-state index is 0.000350. The van der Waals surface area contributed by atoms with Crippen molar-refractivity contribution in [1.29, 1.82) is 0 Å². The normalized spacial score (nSPS) is 22.3. The molecular weight excluding hydrogens is 453 g/mol. The molecule has 2 heterocycles. The summed E-state index contributed by atoms with van der Waals surface area (Å²) in [7, 11) is 0. The molecule has 2 aliphatic rings. The molecule has 178 valence electrons. The molecule has 2 unspecified atom stereocenters. The quantitative estimate of drug-likeness (QED) is 0.539. The number of likely N-dealkylation sites (tertiary alicyclic amines) is 2. The number of piperidine rings is 2. The average Bonchev–Trinajstić information content (AvgIpc) is 2.81. The lowest BCUT2D eigenvalue weighted by Gasteiger charge is -2.32. The van der Waals surface area contributed by atoms with Gasteiger partial charge in [-0.25, -0.2) is 0 Å². The molecule has 0 spiro atoms. The van der Waals surface area contributed by atoms with Gasteiger partial charge in [0.15, 0.2) is 0 Å². The van der Waals surface area contributed by atoms with Crippen molar-refractivity contribution in [1.82, 2.24) is 15.1 Å². The summed E-state index contributed by atoms with van der Waals surface area (Å²) >= 11 is 12.7. The van der Waals surface area contributed by atoms with Gasteiger partial charge in [0, 0.05) is 48.3 Å². The Hall–Kier alpha value is -1.59. The van der Waals surface area contributed by atoms with Crippen LogP contribution in [-0.2, 0) is 24.4 Å². The number of nitrogens with zero attached hydrogens (tertiary/aromatic N) is 2. The molecule has 0 saturated carbocycles. The van der Waals surface area contributed by atoms with Gasteiger partial charge in [0.25, 0.3) is 0 Å². The molecule has 1 N–H and O–H groups in total. The van der Waals surface area contributed by atoms with Gasteiger partial charge in [-0.3, -0.25) is 14.6 Å². The Labute approximate surface area is 208 Å². The first kappa shape index (κ1) is 24.5. The summed E-state index contributed by atoms with van der Waals surface area (Å²) in [5.41, 5.74) is 3.44. The highest BCUT2D eigenvalue weighted by Crippen LogP contribution is 2.28. The minimum Gasteiger partial charge on any atom is -0.352 e. The predicted molar refractivity (Wildman–Crippen MR) is 136 cm³/mol. The standard InChI is InChI=1S/C27H35Cl2N3O/c1-20-5-3-13-31(16-20)17-22-11-9-21(10-12-22)15-30-27(33)23-6-4-14-32(18-23)19-24-25(28)7-2-8-26(24)29/h2,7-12,20,23H,3-6,13-19H2,1H3,(H,30,33). The first-order valence-electron chi connectivity index (χ1n) is 12.2. The van der Waals surface area contributed by atoms with Crippen molar-refractivity contribution in [2.24, 2.45) is 11.8 Å². The lowest BCUT2D eigenvalue weighted by molar-refractivity contribution is -0.126. The van der Waals surface area contributed by atoms with Gasteiger partial charge in [-0.15, -0.1) is 0 Å². The van der Waals surface area contributed by atoms with E-state index in [1.54, 1.807) is 0 Å². The summed E-state index contributed by atoms with van der Waals surface area (Å²) in [6.45, 7) is 8.71. The number of rotatable bonds is 7. The highest BCUT2D eigenvalue weighted by molar-refractivity contribution is 6.35. The number of hydrogen-bond donors (Lipinski definition) is 1. The summed E-state index contributed by atoms with van der Waals surface area (Å²) in [6.07, 6.45) is 4.58. The van der Waals surface area contributed by atoms with E-state index in [0.717, 1.165) is 49.5 Å². The molecule has 0 bridgehead atoms.